The van der Waals surface area contributed by atoms with Crippen LogP contribution in [0, 0.1) is 52.3 Å². The summed E-state index contributed by atoms with van der Waals surface area (Å²) in [5.74, 6) is 5.23. The molecular weight excluding hydrogens is 455 g/mol. The van der Waals surface area contributed by atoms with E-state index in [1.165, 1.54) is 65.6 Å². The van der Waals surface area contributed by atoms with Crippen molar-refractivity contribution in [2.24, 2.45) is 52.3 Å². The van der Waals surface area contributed by atoms with Gasteiger partial charge in [0.25, 0.3) is 0 Å². The topological polar surface area (TPSA) is 44.8 Å². The van der Waals surface area contributed by atoms with Crippen molar-refractivity contribution in [2.75, 3.05) is 14.2 Å². The van der Waals surface area contributed by atoms with Crippen LogP contribution in [0.5, 0.6) is 0 Å². The maximum atomic E-state index is 12.6. The summed E-state index contributed by atoms with van der Waals surface area (Å²) >= 11 is 0. The van der Waals surface area contributed by atoms with Crippen LogP contribution in [-0.2, 0) is 18.1 Å². The first kappa shape index (κ1) is 27.9. The molecule has 0 amide bonds. The summed E-state index contributed by atoms with van der Waals surface area (Å²) in [6.45, 7) is 14.5. The average molecular weight is 509 g/mol. The number of allylic oxidation sites excluding steroid dienone is 2. The number of phosphoric acid groups is 1. The molecule has 0 unspecified atom stereocenters. The van der Waals surface area contributed by atoms with Crippen molar-refractivity contribution in [3.05, 3.63) is 11.6 Å². The van der Waals surface area contributed by atoms with Gasteiger partial charge in [-0.3, -0.25) is 13.6 Å². The third-order valence-electron chi connectivity index (χ3n) is 11.5. The monoisotopic (exact) mass is 508 g/mol. The van der Waals surface area contributed by atoms with Crippen LogP contribution in [0.2, 0.25) is 0 Å². The fourth-order valence-corrected chi connectivity index (χ4v) is 10.3. The number of hydrogen-bond acceptors (Lipinski definition) is 4. The predicted molar refractivity (Wildman–Crippen MR) is 144 cm³/mol. The number of phosphoric ester groups is 1. The lowest BCUT2D eigenvalue weighted by atomic mass is 9.46. The van der Waals surface area contributed by atoms with Gasteiger partial charge in [-0.2, -0.15) is 0 Å². The summed E-state index contributed by atoms with van der Waals surface area (Å²) in [6.07, 6.45) is 15.7. The van der Waals surface area contributed by atoms with E-state index >= 15 is 0 Å². The third-order valence-corrected chi connectivity index (χ3v) is 12.9. The molecule has 4 nitrogen and oxygen atoms in total. The Kier molecular flexibility index (Phi) is 8.40. The highest BCUT2D eigenvalue weighted by Crippen LogP contribution is 2.67. The summed E-state index contributed by atoms with van der Waals surface area (Å²) in [5.41, 5.74) is 2.75. The molecule has 0 aromatic heterocycles. The fraction of sp³-hybridized carbons (Fsp3) is 0.933. The van der Waals surface area contributed by atoms with E-state index in [0.29, 0.717) is 16.7 Å². The van der Waals surface area contributed by atoms with Crippen molar-refractivity contribution < 1.29 is 18.1 Å². The molecule has 202 valence electrons. The second-order valence-electron chi connectivity index (χ2n) is 13.6. The van der Waals surface area contributed by atoms with E-state index in [4.69, 9.17) is 13.6 Å². The highest BCUT2D eigenvalue weighted by molar-refractivity contribution is 7.48. The minimum absolute atomic E-state index is 0.112. The van der Waals surface area contributed by atoms with Crippen LogP contribution in [0.1, 0.15) is 106 Å². The van der Waals surface area contributed by atoms with E-state index < -0.39 is 7.82 Å². The first-order valence-corrected chi connectivity index (χ1v) is 16.0. The molecule has 4 rings (SSSR count). The first-order chi connectivity index (χ1) is 16.5. The molecule has 4 aliphatic carbocycles. The highest BCUT2D eigenvalue weighted by Gasteiger charge is 2.59. The lowest BCUT2D eigenvalue weighted by Gasteiger charge is -2.58. The van der Waals surface area contributed by atoms with Gasteiger partial charge < -0.3 is 0 Å². The first-order valence-electron chi connectivity index (χ1n) is 14.6. The minimum Gasteiger partial charge on any atom is -0.290 e. The number of hydrogen-bond donors (Lipinski definition) is 0. The van der Waals surface area contributed by atoms with Crippen LogP contribution in [0.3, 0.4) is 0 Å². The maximum absolute atomic E-state index is 12.6. The molecule has 0 saturated heterocycles. The smallest absolute Gasteiger partial charge is 0.290 e. The molecule has 0 aromatic rings. The molecule has 4 aliphatic rings. The number of rotatable bonds is 9. The Hall–Kier alpha value is -0.150. The quantitative estimate of drug-likeness (QED) is 0.230. The maximum Gasteiger partial charge on any atom is 0.474 e. The van der Waals surface area contributed by atoms with Crippen molar-refractivity contribution in [3.8, 4) is 0 Å². The molecular formula is C30H53O4P. The Morgan fingerprint density at radius 2 is 1.71 bits per heavy atom. The molecule has 0 aliphatic heterocycles. The lowest BCUT2D eigenvalue weighted by Crippen LogP contribution is -2.50. The molecule has 0 aromatic carbocycles. The third kappa shape index (κ3) is 5.13. The zero-order valence-corrected chi connectivity index (χ0v) is 24.7. The Labute approximate surface area is 215 Å². The summed E-state index contributed by atoms with van der Waals surface area (Å²) in [6, 6.07) is 0. The van der Waals surface area contributed by atoms with Crippen LogP contribution in [0.15, 0.2) is 11.6 Å². The van der Waals surface area contributed by atoms with Crippen LogP contribution in [-0.4, -0.2) is 20.3 Å². The molecule has 5 heteroatoms. The zero-order valence-electron chi connectivity index (χ0n) is 23.8. The summed E-state index contributed by atoms with van der Waals surface area (Å²) < 4.78 is 28.6. The van der Waals surface area contributed by atoms with Gasteiger partial charge in [0.15, 0.2) is 0 Å². The summed E-state index contributed by atoms with van der Waals surface area (Å²) in [7, 11) is -0.656. The van der Waals surface area contributed by atoms with Gasteiger partial charge in [0.1, 0.15) is 0 Å². The zero-order chi connectivity index (χ0) is 25.6. The van der Waals surface area contributed by atoms with E-state index in [0.717, 1.165) is 42.4 Å². The van der Waals surface area contributed by atoms with E-state index in [2.05, 4.69) is 47.6 Å². The molecule has 0 radical (unpaired) electrons. The van der Waals surface area contributed by atoms with Crippen LogP contribution in [0.25, 0.3) is 0 Å². The van der Waals surface area contributed by atoms with E-state index in [9.17, 15) is 4.57 Å². The van der Waals surface area contributed by atoms with Gasteiger partial charge in [0.2, 0.25) is 0 Å². The Morgan fingerprint density at radius 1 is 1.00 bits per heavy atom. The average Bonchev–Trinajstić information content (AvgIpc) is 3.19. The van der Waals surface area contributed by atoms with Crippen molar-refractivity contribution >= 4 is 7.82 Å². The normalized spacial score (nSPS) is 41.1. The van der Waals surface area contributed by atoms with E-state index in [1.54, 1.807) is 0 Å². The molecule has 0 N–H and O–H groups in total. The Bertz CT molecular complexity index is 815. The molecule has 0 bridgehead atoms. The molecule has 9 atom stereocenters. The van der Waals surface area contributed by atoms with Crippen molar-refractivity contribution in [1.82, 2.24) is 0 Å². The van der Waals surface area contributed by atoms with Gasteiger partial charge in [-0.05, 0) is 116 Å². The van der Waals surface area contributed by atoms with E-state index in [1.807, 2.05) is 5.57 Å². The van der Waals surface area contributed by atoms with Gasteiger partial charge in [0.05, 0.1) is 6.10 Å². The second kappa shape index (κ2) is 10.5. The van der Waals surface area contributed by atoms with Gasteiger partial charge in [-0.25, -0.2) is 4.57 Å². The van der Waals surface area contributed by atoms with Crippen LogP contribution in [0.4, 0.5) is 0 Å². The Balaban J connectivity index is 1.43. The van der Waals surface area contributed by atoms with Gasteiger partial charge in [-0.1, -0.05) is 53.2 Å². The van der Waals surface area contributed by atoms with Crippen molar-refractivity contribution in [2.45, 2.75) is 112 Å². The lowest BCUT2D eigenvalue weighted by molar-refractivity contribution is -0.0531. The van der Waals surface area contributed by atoms with Crippen LogP contribution >= 0.6 is 7.82 Å². The Morgan fingerprint density at radius 3 is 2.37 bits per heavy atom. The summed E-state index contributed by atoms with van der Waals surface area (Å²) in [4.78, 5) is 0. The standard InChI is InChI=1S/C30H53O4P/c1-20(2)28(34-35(31,32-7)33-8)14-9-22(4)25-12-13-26-24-11-10-23-19-21(3)15-17-29(23,5)27(24)16-18-30(25,26)6/h10,20-22,24-28H,9,11-19H2,1-8H3/t21-,22+,24-,25+,26-,27-,28+,29-,30+/m0/s1. The molecule has 0 heterocycles. The molecule has 3 fully saturated rings. The minimum atomic E-state index is -3.46. The highest BCUT2D eigenvalue weighted by atomic mass is 31.2. The molecule has 0 spiro atoms. The fourth-order valence-electron chi connectivity index (χ4n) is 9.28. The van der Waals surface area contributed by atoms with Gasteiger partial charge >= 0.3 is 7.82 Å². The van der Waals surface area contributed by atoms with Gasteiger partial charge in [0, 0.05) is 14.2 Å². The molecule has 35 heavy (non-hydrogen) atoms. The van der Waals surface area contributed by atoms with Crippen molar-refractivity contribution in [1.29, 1.82) is 0 Å². The SMILES string of the molecule is COP(=O)(OC)O[C@H](CC[C@@H](C)[C@H]1CC[C@H]2[C@@H]3CC=C4C[C@@H](C)CC[C@]4(C)[C@H]3CC[C@]12C)C(C)C. The second-order valence-corrected chi connectivity index (χ2v) is 15.4. The number of fused-ring (bicyclic) bond motifs is 5. The van der Waals surface area contributed by atoms with Crippen molar-refractivity contribution in [3.63, 3.8) is 0 Å². The predicted octanol–water partition coefficient (Wildman–Crippen LogP) is 9.06. The van der Waals surface area contributed by atoms with Crippen LogP contribution < -0.4 is 0 Å². The van der Waals surface area contributed by atoms with E-state index in [-0.39, 0.29) is 12.0 Å². The van der Waals surface area contributed by atoms with Gasteiger partial charge in [-0.15, -0.1) is 0 Å². The summed E-state index contributed by atoms with van der Waals surface area (Å²) in [5, 5.41) is 0. The molecule has 3 saturated carbocycles. The largest absolute Gasteiger partial charge is 0.474 e.